The van der Waals surface area contributed by atoms with Crippen LogP contribution in [-0.4, -0.2) is 28.6 Å². The van der Waals surface area contributed by atoms with Gasteiger partial charge < -0.3 is 10.0 Å². The molecule has 1 aromatic heterocycles. The summed E-state index contributed by atoms with van der Waals surface area (Å²) in [5.74, 6) is -0.367. The number of rotatable bonds is 2. The molecule has 0 amide bonds. The molecule has 17 heavy (non-hydrogen) atoms. The lowest BCUT2D eigenvalue weighted by Crippen LogP contribution is -2.36. The van der Waals surface area contributed by atoms with Crippen LogP contribution < -0.4 is 4.90 Å². The second-order valence-corrected chi connectivity index (χ2v) is 4.21. The third kappa shape index (κ3) is 2.17. The maximum atomic E-state index is 11.0. The SMILES string of the molecule is N#Cc1nc(N2CCCC2C(=O)O)ccc1Cl. The minimum atomic E-state index is -0.863. The molecule has 1 atom stereocenters. The van der Waals surface area contributed by atoms with Crippen LogP contribution in [0.15, 0.2) is 12.1 Å². The third-order valence-electron chi connectivity index (χ3n) is 2.77. The summed E-state index contributed by atoms with van der Waals surface area (Å²) in [5.41, 5.74) is 0.125. The van der Waals surface area contributed by atoms with Crippen molar-refractivity contribution in [2.45, 2.75) is 18.9 Å². The molecule has 1 saturated heterocycles. The summed E-state index contributed by atoms with van der Waals surface area (Å²) in [7, 11) is 0. The molecule has 0 radical (unpaired) electrons. The van der Waals surface area contributed by atoms with Crippen LogP contribution in [-0.2, 0) is 4.79 Å². The van der Waals surface area contributed by atoms with E-state index in [4.69, 9.17) is 22.0 Å². The molecule has 0 spiro atoms. The van der Waals surface area contributed by atoms with Gasteiger partial charge in [-0.2, -0.15) is 5.26 Å². The van der Waals surface area contributed by atoms with Gasteiger partial charge in [-0.3, -0.25) is 0 Å². The van der Waals surface area contributed by atoms with E-state index in [1.165, 1.54) is 0 Å². The van der Waals surface area contributed by atoms with Gasteiger partial charge in [0.15, 0.2) is 5.69 Å². The highest BCUT2D eigenvalue weighted by molar-refractivity contribution is 6.31. The first-order valence-electron chi connectivity index (χ1n) is 5.19. The molecule has 2 heterocycles. The summed E-state index contributed by atoms with van der Waals surface area (Å²) in [4.78, 5) is 16.8. The van der Waals surface area contributed by atoms with Crippen LogP contribution in [0.3, 0.4) is 0 Å². The fraction of sp³-hybridized carbons (Fsp3) is 0.364. The fourth-order valence-electron chi connectivity index (χ4n) is 1.97. The molecule has 1 N–H and O–H groups in total. The molecule has 0 aliphatic carbocycles. The Balaban J connectivity index is 2.34. The standard InChI is InChI=1S/C11H10ClN3O2/c12-7-3-4-10(14-8(7)6-13)15-5-1-2-9(15)11(16)17/h3-4,9H,1-2,5H2,(H,16,17). The first kappa shape index (κ1) is 11.7. The lowest BCUT2D eigenvalue weighted by Gasteiger charge is -2.22. The zero-order valence-electron chi connectivity index (χ0n) is 8.93. The Bertz CT molecular complexity index is 498. The molecular formula is C11H10ClN3O2. The van der Waals surface area contributed by atoms with E-state index in [0.717, 1.165) is 6.42 Å². The van der Waals surface area contributed by atoms with Crippen molar-refractivity contribution in [3.8, 4) is 6.07 Å². The number of nitrogens with zero attached hydrogens (tertiary/aromatic N) is 3. The van der Waals surface area contributed by atoms with E-state index in [1.807, 2.05) is 6.07 Å². The molecule has 1 fully saturated rings. The van der Waals surface area contributed by atoms with Crippen molar-refractivity contribution >= 4 is 23.4 Å². The topological polar surface area (TPSA) is 77.2 Å². The summed E-state index contributed by atoms with van der Waals surface area (Å²) in [6.45, 7) is 0.635. The highest BCUT2D eigenvalue weighted by Crippen LogP contribution is 2.26. The van der Waals surface area contributed by atoms with Crippen molar-refractivity contribution in [3.63, 3.8) is 0 Å². The number of aliphatic carboxylic acids is 1. The zero-order chi connectivity index (χ0) is 12.4. The second kappa shape index (κ2) is 4.60. The number of pyridine rings is 1. The van der Waals surface area contributed by atoms with Crippen LogP contribution in [0.1, 0.15) is 18.5 Å². The minimum absolute atomic E-state index is 0.125. The zero-order valence-corrected chi connectivity index (χ0v) is 9.68. The van der Waals surface area contributed by atoms with Gasteiger partial charge in [-0.1, -0.05) is 11.6 Å². The number of carboxylic acid groups (broad SMARTS) is 1. The number of hydrogen-bond donors (Lipinski definition) is 1. The molecule has 0 aromatic carbocycles. The van der Waals surface area contributed by atoms with E-state index >= 15 is 0 Å². The Morgan fingerprint density at radius 2 is 2.41 bits per heavy atom. The van der Waals surface area contributed by atoms with Crippen LogP contribution in [0, 0.1) is 11.3 Å². The van der Waals surface area contributed by atoms with Crippen molar-refractivity contribution in [3.05, 3.63) is 22.8 Å². The first-order valence-corrected chi connectivity index (χ1v) is 5.57. The summed E-state index contributed by atoms with van der Waals surface area (Å²) in [6, 6.07) is 4.54. The minimum Gasteiger partial charge on any atom is -0.480 e. The molecule has 6 heteroatoms. The lowest BCUT2D eigenvalue weighted by atomic mass is 10.2. The maximum Gasteiger partial charge on any atom is 0.326 e. The summed E-state index contributed by atoms with van der Waals surface area (Å²) in [5, 5.41) is 18.2. The Hall–Kier alpha value is -1.80. The van der Waals surface area contributed by atoms with Crippen LogP contribution in [0.2, 0.25) is 5.02 Å². The largest absolute Gasteiger partial charge is 0.480 e. The summed E-state index contributed by atoms with van der Waals surface area (Å²) < 4.78 is 0. The molecule has 5 nitrogen and oxygen atoms in total. The quantitative estimate of drug-likeness (QED) is 0.865. The van der Waals surface area contributed by atoms with Crippen molar-refractivity contribution in [2.24, 2.45) is 0 Å². The van der Waals surface area contributed by atoms with Gasteiger partial charge in [-0.05, 0) is 25.0 Å². The predicted molar refractivity (Wildman–Crippen MR) is 62.0 cm³/mol. The predicted octanol–water partition coefficient (Wildman–Crippen LogP) is 1.66. The van der Waals surface area contributed by atoms with Gasteiger partial charge in [0.1, 0.15) is 17.9 Å². The van der Waals surface area contributed by atoms with Gasteiger partial charge in [0.2, 0.25) is 0 Å². The Morgan fingerprint density at radius 3 is 3.06 bits per heavy atom. The van der Waals surface area contributed by atoms with Gasteiger partial charge in [0, 0.05) is 6.54 Å². The van der Waals surface area contributed by atoms with E-state index in [0.29, 0.717) is 18.8 Å². The van der Waals surface area contributed by atoms with E-state index < -0.39 is 12.0 Å². The molecule has 1 unspecified atom stereocenters. The number of carbonyl (C=O) groups is 1. The number of carboxylic acids is 1. The van der Waals surface area contributed by atoms with Crippen LogP contribution in [0.4, 0.5) is 5.82 Å². The molecule has 0 bridgehead atoms. The highest BCUT2D eigenvalue weighted by atomic mass is 35.5. The van der Waals surface area contributed by atoms with E-state index in [1.54, 1.807) is 17.0 Å². The average Bonchev–Trinajstić information content (AvgIpc) is 2.78. The maximum absolute atomic E-state index is 11.0. The van der Waals surface area contributed by atoms with Crippen LogP contribution >= 0.6 is 11.6 Å². The number of aromatic nitrogens is 1. The molecule has 1 aliphatic heterocycles. The van der Waals surface area contributed by atoms with Crippen molar-refractivity contribution in [2.75, 3.05) is 11.4 Å². The highest BCUT2D eigenvalue weighted by Gasteiger charge is 2.31. The normalized spacial score (nSPS) is 19.1. The molecular weight excluding hydrogens is 242 g/mol. The lowest BCUT2D eigenvalue weighted by molar-refractivity contribution is -0.138. The van der Waals surface area contributed by atoms with Crippen LogP contribution in [0.25, 0.3) is 0 Å². The van der Waals surface area contributed by atoms with Gasteiger partial charge >= 0.3 is 5.97 Å². The van der Waals surface area contributed by atoms with Crippen LogP contribution in [0.5, 0.6) is 0 Å². The van der Waals surface area contributed by atoms with Gasteiger partial charge in [0.05, 0.1) is 5.02 Å². The molecule has 2 rings (SSSR count). The third-order valence-corrected chi connectivity index (χ3v) is 3.07. The van der Waals surface area contributed by atoms with Crippen molar-refractivity contribution in [1.82, 2.24) is 4.98 Å². The smallest absolute Gasteiger partial charge is 0.326 e. The number of anilines is 1. The number of nitriles is 1. The second-order valence-electron chi connectivity index (χ2n) is 3.80. The number of halogens is 1. The van der Waals surface area contributed by atoms with Gasteiger partial charge in [0.25, 0.3) is 0 Å². The first-order chi connectivity index (χ1) is 8.13. The Morgan fingerprint density at radius 1 is 1.65 bits per heavy atom. The molecule has 88 valence electrons. The van der Waals surface area contributed by atoms with E-state index in [2.05, 4.69) is 4.98 Å². The monoisotopic (exact) mass is 251 g/mol. The van der Waals surface area contributed by atoms with E-state index in [-0.39, 0.29) is 10.7 Å². The fourth-order valence-corrected chi connectivity index (χ4v) is 2.12. The summed E-state index contributed by atoms with van der Waals surface area (Å²) >= 11 is 5.78. The van der Waals surface area contributed by atoms with Gasteiger partial charge in [-0.25, -0.2) is 9.78 Å². The Labute approximate surface area is 103 Å². The van der Waals surface area contributed by atoms with Gasteiger partial charge in [-0.15, -0.1) is 0 Å². The number of hydrogen-bond acceptors (Lipinski definition) is 4. The van der Waals surface area contributed by atoms with Crippen molar-refractivity contribution in [1.29, 1.82) is 5.26 Å². The summed E-state index contributed by atoms with van der Waals surface area (Å²) in [6.07, 6.45) is 1.41. The molecule has 1 aromatic rings. The Kier molecular flexibility index (Phi) is 3.16. The van der Waals surface area contributed by atoms with Crippen molar-refractivity contribution < 1.29 is 9.90 Å². The van der Waals surface area contributed by atoms with E-state index in [9.17, 15) is 4.79 Å². The average molecular weight is 252 g/mol. The molecule has 0 saturated carbocycles. The molecule has 1 aliphatic rings.